The highest BCUT2D eigenvalue weighted by molar-refractivity contribution is 7.86. The summed E-state index contributed by atoms with van der Waals surface area (Å²) in [6.07, 6.45) is 1.01. The summed E-state index contributed by atoms with van der Waals surface area (Å²) >= 11 is 0. The smallest absolute Gasteiger partial charge is 0.306 e. The summed E-state index contributed by atoms with van der Waals surface area (Å²) in [5.41, 5.74) is 0.904. The minimum atomic E-state index is -3.42. The summed E-state index contributed by atoms with van der Waals surface area (Å²) in [6.45, 7) is 0. The standard InChI is InChI=1S/C8H11NO3S/c1-9-7-3-5-8(6-4-7)12-13(2,10)11/h3-6,9H,1-2H3. The Hall–Kier alpha value is -1.23. The van der Waals surface area contributed by atoms with Crippen molar-refractivity contribution >= 4 is 15.8 Å². The van der Waals surface area contributed by atoms with Gasteiger partial charge in [0.15, 0.2) is 0 Å². The highest BCUT2D eigenvalue weighted by Gasteiger charge is 2.02. The molecule has 1 N–H and O–H groups in total. The Labute approximate surface area is 77.7 Å². The molecule has 0 aliphatic heterocycles. The van der Waals surface area contributed by atoms with Gasteiger partial charge in [-0.25, -0.2) is 0 Å². The van der Waals surface area contributed by atoms with Crippen molar-refractivity contribution in [1.82, 2.24) is 0 Å². The third-order valence-corrected chi connectivity index (χ3v) is 1.89. The van der Waals surface area contributed by atoms with Crippen LogP contribution in [0.15, 0.2) is 24.3 Å². The van der Waals surface area contributed by atoms with Gasteiger partial charge in [-0.15, -0.1) is 0 Å². The maximum atomic E-state index is 10.7. The van der Waals surface area contributed by atoms with Crippen LogP contribution < -0.4 is 9.50 Å². The van der Waals surface area contributed by atoms with Crippen molar-refractivity contribution in [3.8, 4) is 5.75 Å². The molecule has 5 heteroatoms. The molecular weight excluding hydrogens is 190 g/mol. The first kappa shape index (κ1) is 9.85. The lowest BCUT2D eigenvalue weighted by atomic mass is 10.3. The molecule has 0 unspecified atom stereocenters. The van der Waals surface area contributed by atoms with Crippen molar-refractivity contribution in [2.75, 3.05) is 18.6 Å². The van der Waals surface area contributed by atoms with Gasteiger partial charge in [-0.1, -0.05) is 0 Å². The van der Waals surface area contributed by atoms with Gasteiger partial charge in [0.05, 0.1) is 6.26 Å². The lowest BCUT2D eigenvalue weighted by Gasteiger charge is -2.03. The number of hydrogen-bond acceptors (Lipinski definition) is 4. The largest absolute Gasteiger partial charge is 0.388 e. The molecule has 0 aromatic heterocycles. The molecule has 4 nitrogen and oxygen atoms in total. The van der Waals surface area contributed by atoms with Crippen molar-refractivity contribution < 1.29 is 12.6 Å². The fourth-order valence-corrected chi connectivity index (χ4v) is 1.31. The zero-order chi connectivity index (χ0) is 9.90. The van der Waals surface area contributed by atoms with Gasteiger partial charge >= 0.3 is 10.1 Å². The second-order valence-electron chi connectivity index (χ2n) is 2.56. The Kier molecular flexibility index (Phi) is 2.77. The molecule has 0 saturated heterocycles. The van der Waals surface area contributed by atoms with Crippen LogP contribution in [0.25, 0.3) is 0 Å². The quantitative estimate of drug-likeness (QED) is 0.743. The number of nitrogens with one attached hydrogen (secondary N) is 1. The molecule has 0 aliphatic rings. The van der Waals surface area contributed by atoms with Crippen molar-refractivity contribution in [3.63, 3.8) is 0 Å². The van der Waals surface area contributed by atoms with Gasteiger partial charge in [-0.2, -0.15) is 8.42 Å². The van der Waals surface area contributed by atoms with E-state index in [2.05, 4.69) is 9.50 Å². The maximum absolute atomic E-state index is 10.7. The van der Waals surface area contributed by atoms with E-state index < -0.39 is 10.1 Å². The molecule has 13 heavy (non-hydrogen) atoms. The van der Waals surface area contributed by atoms with Gasteiger partial charge in [0.1, 0.15) is 5.75 Å². The van der Waals surface area contributed by atoms with Gasteiger partial charge < -0.3 is 9.50 Å². The van der Waals surface area contributed by atoms with Crippen LogP contribution in [-0.4, -0.2) is 21.7 Å². The summed E-state index contributed by atoms with van der Waals surface area (Å²) in [5, 5.41) is 2.91. The molecule has 0 fully saturated rings. The second kappa shape index (κ2) is 3.66. The molecule has 0 radical (unpaired) electrons. The van der Waals surface area contributed by atoms with E-state index in [0.717, 1.165) is 11.9 Å². The molecule has 0 spiro atoms. The lowest BCUT2D eigenvalue weighted by Crippen LogP contribution is -2.05. The Balaban J connectivity index is 2.81. The molecule has 1 aromatic carbocycles. The first-order chi connectivity index (χ1) is 6.01. The zero-order valence-corrected chi connectivity index (χ0v) is 8.26. The zero-order valence-electron chi connectivity index (χ0n) is 7.44. The van der Waals surface area contributed by atoms with Crippen molar-refractivity contribution in [3.05, 3.63) is 24.3 Å². The normalized spacial score (nSPS) is 10.9. The van der Waals surface area contributed by atoms with E-state index in [9.17, 15) is 8.42 Å². The third kappa shape index (κ3) is 3.33. The molecule has 72 valence electrons. The molecule has 0 heterocycles. The van der Waals surface area contributed by atoms with Gasteiger partial charge in [0, 0.05) is 12.7 Å². The van der Waals surface area contributed by atoms with Gasteiger partial charge in [0.2, 0.25) is 0 Å². The number of rotatable bonds is 3. The van der Waals surface area contributed by atoms with E-state index in [1.54, 1.807) is 31.3 Å². The molecule has 0 bridgehead atoms. The van der Waals surface area contributed by atoms with Crippen LogP contribution >= 0.6 is 0 Å². The Morgan fingerprint density at radius 1 is 1.23 bits per heavy atom. The molecule has 0 aliphatic carbocycles. The third-order valence-electron chi connectivity index (χ3n) is 1.39. The Morgan fingerprint density at radius 2 is 1.77 bits per heavy atom. The van der Waals surface area contributed by atoms with Crippen LogP contribution in [0, 0.1) is 0 Å². The molecule has 0 atom stereocenters. The second-order valence-corrected chi connectivity index (χ2v) is 4.14. The maximum Gasteiger partial charge on any atom is 0.306 e. The van der Waals surface area contributed by atoms with Crippen LogP contribution in [-0.2, 0) is 10.1 Å². The van der Waals surface area contributed by atoms with Crippen molar-refractivity contribution in [1.29, 1.82) is 0 Å². The number of hydrogen-bond donors (Lipinski definition) is 1. The Bertz CT molecular complexity index is 369. The van der Waals surface area contributed by atoms with Gasteiger partial charge in [-0.3, -0.25) is 0 Å². The number of anilines is 1. The lowest BCUT2D eigenvalue weighted by molar-refractivity contribution is 0.493. The van der Waals surface area contributed by atoms with Crippen LogP contribution in [0.1, 0.15) is 0 Å². The Morgan fingerprint density at radius 3 is 2.15 bits per heavy atom. The minimum absolute atomic E-state index is 0.321. The fourth-order valence-electron chi connectivity index (χ4n) is 0.852. The van der Waals surface area contributed by atoms with Gasteiger partial charge in [-0.05, 0) is 24.3 Å². The molecule has 0 amide bonds. The molecule has 1 aromatic rings. The number of benzene rings is 1. The molecular formula is C8H11NO3S. The van der Waals surface area contributed by atoms with Crippen LogP contribution in [0.5, 0.6) is 5.75 Å². The van der Waals surface area contributed by atoms with E-state index in [1.165, 1.54) is 0 Å². The van der Waals surface area contributed by atoms with Crippen LogP contribution in [0.2, 0.25) is 0 Å². The van der Waals surface area contributed by atoms with E-state index >= 15 is 0 Å². The summed E-state index contributed by atoms with van der Waals surface area (Å²) in [6, 6.07) is 6.65. The predicted octanol–water partition coefficient (Wildman–Crippen LogP) is 1.07. The first-order valence-corrected chi connectivity index (χ1v) is 5.50. The van der Waals surface area contributed by atoms with Crippen LogP contribution in [0.3, 0.4) is 0 Å². The van der Waals surface area contributed by atoms with E-state index in [-0.39, 0.29) is 0 Å². The monoisotopic (exact) mass is 201 g/mol. The van der Waals surface area contributed by atoms with Crippen LogP contribution in [0.4, 0.5) is 5.69 Å². The van der Waals surface area contributed by atoms with E-state index in [1.807, 2.05) is 0 Å². The summed E-state index contributed by atoms with van der Waals surface area (Å²) < 4.78 is 26.1. The van der Waals surface area contributed by atoms with Crippen molar-refractivity contribution in [2.24, 2.45) is 0 Å². The average molecular weight is 201 g/mol. The summed E-state index contributed by atoms with van der Waals surface area (Å²) in [7, 11) is -1.63. The van der Waals surface area contributed by atoms with Gasteiger partial charge in [0.25, 0.3) is 0 Å². The fraction of sp³-hybridized carbons (Fsp3) is 0.250. The summed E-state index contributed by atoms with van der Waals surface area (Å²) in [4.78, 5) is 0. The average Bonchev–Trinajstić information content (AvgIpc) is 2.03. The van der Waals surface area contributed by atoms with E-state index in [4.69, 9.17) is 0 Å². The SMILES string of the molecule is CNc1ccc(OS(C)(=O)=O)cc1. The topological polar surface area (TPSA) is 55.4 Å². The molecule has 1 rings (SSSR count). The highest BCUT2D eigenvalue weighted by atomic mass is 32.2. The first-order valence-electron chi connectivity index (χ1n) is 3.68. The van der Waals surface area contributed by atoms with E-state index in [0.29, 0.717) is 5.75 Å². The van der Waals surface area contributed by atoms with Crippen molar-refractivity contribution in [2.45, 2.75) is 0 Å². The minimum Gasteiger partial charge on any atom is -0.388 e. The summed E-state index contributed by atoms with van der Waals surface area (Å²) in [5.74, 6) is 0.321. The molecule has 0 saturated carbocycles. The predicted molar refractivity (Wildman–Crippen MR) is 51.5 cm³/mol. The highest BCUT2D eigenvalue weighted by Crippen LogP contribution is 2.16.